The largest absolute Gasteiger partial charge is 0.493 e. The van der Waals surface area contributed by atoms with E-state index >= 15 is 0 Å². The van der Waals surface area contributed by atoms with E-state index in [1.807, 2.05) is 115 Å². The van der Waals surface area contributed by atoms with Crippen molar-refractivity contribution < 1.29 is 9.47 Å². The molecule has 0 aliphatic rings. The molecule has 39 heavy (non-hydrogen) atoms. The lowest BCUT2D eigenvalue weighted by Gasteiger charge is -2.13. The topological polar surface area (TPSA) is 77.1 Å². The van der Waals surface area contributed by atoms with E-state index in [-0.39, 0.29) is 5.56 Å². The maximum Gasteiger partial charge on any atom is 0.275 e. The van der Waals surface area contributed by atoms with Gasteiger partial charge in [0.05, 0.1) is 29.4 Å². The number of methoxy groups -OCH3 is 1. The van der Waals surface area contributed by atoms with Crippen LogP contribution in [0.1, 0.15) is 22.5 Å². The van der Waals surface area contributed by atoms with Gasteiger partial charge in [0.15, 0.2) is 11.5 Å². The molecule has 1 N–H and O–H groups in total. The van der Waals surface area contributed by atoms with Crippen LogP contribution < -0.4 is 15.0 Å². The van der Waals surface area contributed by atoms with Crippen LogP contribution in [-0.4, -0.2) is 22.1 Å². The van der Waals surface area contributed by atoms with E-state index in [1.54, 1.807) is 7.11 Å². The first-order chi connectivity index (χ1) is 19.2. The Hall–Kier alpha value is -5.23. The van der Waals surface area contributed by atoms with E-state index in [4.69, 9.17) is 19.4 Å². The maximum atomic E-state index is 13.3. The van der Waals surface area contributed by atoms with Crippen LogP contribution in [0.15, 0.2) is 114 Å². The second-order valence-corrected chi connectivity index (χ2v) is 9.06. The zero-order chi connectivity index (χ0) is 26.6. The number of nitrogens with zero attached hydrogens (tertiary/aromatic N) is 2. The molecular formula is C33H25N3O3. The molecule has 6 rings (SSSR count). The highest BCUT2D eigenvalue weighted by Crippen LogP contribution is 2.32. The van der Waals surface area contributed by atoms with Crippen LogP contribution in [0.2, 0.25) is 0 Å². The number of hydrogen-bond donors (Lipinski definition) is 1. The number of nitrogens with one attached hydrogen (secondary N) is 1. The molecule has 0 fully saturated rings. The normalized spacial score (nSPS) is 11.6. The van der Waals surface area contributed by atoms with Crippen LogP contribution in [-0.2, 0) is 6.61 Å². The Morgan fingerprint density at radius 1 is 0.795 bits per heavy atom. The minimum absolute atomic E-state index is 0.288. The predicted octanol–water partition coefficient (Wildman–Crippen LogP) is 6.65. The second kappa shape index (κ2) is 10.6. The zero-order valence-corrected chi connectivity index (χ0v) is 21.3. The summed E-state index contributed by atoms with van der Waals surface area (Å²) in [6.45, 7) is 0.398. The first kappa shape index (κ1) is 24.1. The summed E-state index contributed by atoms with van der Waals surface area (Å²) in [7, 11) is 1.61. The summed E-state index contributed by atoms with van der Waals surface area (Å²) < 4.78 is 11.7. The van der Waals surface area contributed by atoms with Crippen LogP contribution in [0, 0.1) is 0 Å². The molecule has 0 saturated heterocycles. The smallest absolute Gasteiger partial charge is 0.275 e. The van der Waals surface area contributed by atoms with E-state index in [0.29, 0.717) is 46.1 Å². The molecule has 2 heterocycles. The SMILES string of the molecule is COc1ccc(C=C(c2ccc3ccccc3n2)c2nc3ccccc3[nH]c2=O)cc1OCc1ccccc1. The van der Waals surface area contributed by atoms with Crippen molar-refractivity contribution >= 4 is 33.6 Å². The molecule has 0 atom stereocenters. The molecule has 0 amide bonds. The van der Waals surface area contributed by atoms with Crippen molar-refractivity contribution in [2.75, 3.05) is 7.11 Å². The Morgan fingerprint density at radius 3 is 2.41 bits per heavy atom. The number of benzene rings is 4. The Balaban J connectivity index is 1.49. The molecular weight excluding hydrogens is 486 g/mol. The van der Waals surface area contributed by atoms with Gasteiger partial charge in [-0.2, -0.15) is 0 Å². The monoisotopic (exact) mass is 511 g/mol. The molecule has 6 aromatic rings. The van der Waals surface area contributed by atoms with Crippen molar-refractivity contribution in [2.45, 2.75) is 6.61 Å². The number of pyridine rings is 1. The van der Waals surface area contributed by atoms with E-state index < -0.39 is 0 Å². The van der Waals surface area contributed by atoms with Crippen molar-refractivity contribution in [3.05, 3.63) is 142 Å². The van der Waals surface area contributed by atoms with Gasteiger partial charge in [-0.25, -0.2) is 9.97 Å². The van der Waals surface area contributed by atoms with Crippen LogP contribution in [0.4, 0.5) is 0 Å². The standard InChI is InChI=1S/C33H25N3O3/c1-38-30-18-15-23(20-31(30)39-21-22-9-3-2-4-10-22)19-25(27-17-16-24-11-5-6-12-26(24)34-27)32-33(37)36-29-14-8-7-13-28(29)35-32/h2-20H,21H2,1H3,(H,36,37). The lowest BCUT2D eigenvalue weighted by Crippen LogP contribution is -2.15. The molecule has 0 aliphatic carbocycles. The van der Waals surface area contributed by atoms with E-state index in [9.17, 15) is 4.79 Å². The highest BCUT2D eigenvalue weighted by atomic mass is 16.5. The van der Waals surface area contributed by atoms with Crippen molar-refractivity contribution in [2.24, 2.45) is 0 Å². The fraction of sp³-hybridized carbons (Fsp3) is 0.0606. The molecule has 0 saturated carbocycles. The molecule has 2 aromatic heterocycles. The number of H-pyrrole nitrogens is 1. The molecule has 6 nitrogen and oxygen atoms in total. The summed E-state index contributed by atoms with van der Waals surface area (Å²) in [5.74, 6) is 1.22. The second-order valence-electron chi connectivity index (χ2n) is 9.06. The summed E-state index contributed by atoms with van der Waals surface area (Å²) in [6, 6.07) is 34.9. The van der Waals surface area contributed by atoms with Gasteiger partial charge in [-0.05, 0) is 53.6 Å². The van der Waals surface area contributed by atoms with Crippen LogP contribution in [0.25, 0.3) is 33.6 Å². The fourth-order valence-electron chi connectivity index (χ4n) is 4.49. The maximum absolute atomic E-state index is 13.3. The highest BCUT2D eigenvalue weighted by Gasteiger charge is 2.16. The third-order valence-corrected chi connectivity index (χ3v) is 6.46. The minimum atomic E-state index is -0.288. The zero-order valence-electron chi connectivity index (χ0n) is 21.3. The van der Waals surface area contributed by atoms with Crippen molar-refractivity contribution in [3.8, 4) is 11.5 Å². The number of ether oxygens (including phenoxy) is 2. The Bertz CT molecular complexity index is 1880. The Kier molecular flexibility index (Phi) is 6.58. The lowest BCUT2D eigenvalue weighted by molar-refractivity contribution is 0.284. The van der Waals surface area contributed by atoms with Gasteiger partial charge in [-0.15, -0.1) is 0 Å². The molecule has 0 radical (unpaired) electrons. The predicted molar refractivity (Wildman–Crippen MR) is 155 cm³/mol. The third kappa shape index (κ3) is 5.13. The number of fused-ring (bicyclic) bond motifs is 2. The molecule has 0 bridgehead atoms. The van der Waals surface area contributed by atoms with Gasteiger partial charge in [0, 0.05) is 11.0 Å². The molecule has 6 heteroatoms. The quantitative estimate of drug-likeness (QED) is 0.260. The average molecular weight is 512 g/mol. The first-order valence-electron chi connectivity index (χ1n) is 12.6. The molecule has 0 aliphatic heterocycles. The molecule has 0 spiro atoms. The molecule has 0 unspecified atom stereocenters. The van der Waals surface area contributed by atoms with Gasteiger partial charge < -0.3 is 14.5 Å². The van der Waals surface area contributed by atoms with Gasteiger partial charge in [0.25, 0.3) is 5.56 Å². The van der Waals surface area contributed by atoms with Gasteiger partial charge in [-0.3, -0.25) is 4.79 Å². The van der Waals surface area contributed by atoms with E-state index in [2.05, 4.69) is 4.98 Å². The fourth-order valence-corrected chi connectivity index (χ4v) is 4.49. The first-order valence-corrected chi connectivity index (χ1v) is 12.6. The average Bonchev–Trinajstić information content (AvgIpc) is 2.99. The molecule has 4 aromatic carbocycles. The number of aromatic nitrogens is 3. The van der Waals surface area contributed by atoms with Gasteiger partial charge in [0.1, 0.15) is 12.3 Å². The number of hydrogen-bond acceptors (Lipinski definition) is 5. The van der Waals surface area contributed by atoms with Crippen molar-refractivity contribution in [1.82, 2.24) is 15.0 Å². The van der Waals surface area contributed by atoms with E-state index in [1.165, 1.54) is 0 Å². The summed E-state index contributed by atoms with van der Waals surface area (Å²) in [5.41, 5.74) is 5.32. The van der Waals surface area contributed by atoms with Crippen molar-refractivity contribution in [1.29, 1.82) is 0 Å². The van der Waals surface area contributed by atoms with Crippen LogP contribution in [0.3, 0.4) is 0 Å². The third-order valence-electron chi connectivity index (χ3n) is 6.46. The minimum Gasteiger partial charge on any atom is -0.493 e. The summed E-state index contributed by atoms with van der Waals surface area (Å²) >= 11 is 0. The van der Waals surface area contributed by atoms with Crippen LogP contribution >= 0.6 is 0 Å². The van der Waals surface area contributed by atoms with Crippen molar-refractivity contribution in [3.63, 3.8) is 0 Å². The summed E-state index contributed by atoms with van der Waals surface area (Å²) in [6.07, 6.45) is 1.91. The van der Waals surface area contributed by atoms with Gasteiger partial charge in [-0.1, -0.05) is 72.8 Å². The van der Waals surface area contributed by atoms with Crippen LogP contribution in [0.5, 0.6) is 11.5 Å². The number of rotatable bonds is 7. The summed E-state index contributed by atoms with van der Waals surface area (Å²) in [4.78, 5) is 25.9. The van der Waals surface area contributed by atoms with Gasteiger partial charge in [0.2, 0.25) is 0 Å². The Labute approximate surface area is 225 Å². The molecule has 190 valence electrons. The highest BCUT2D eigenvalue weighted by molar-refractivity contribution is 5.92. The lowest BCUT2D eigenvalue weighted by atomic mass is 10.0. The number of para-hydroxylation sites is 3. The van der Waals surface area contributed by atoms with E-state index in [0.717, 1.165) is 22.0 Å². The number of aromatic amines is 1. The van der Waals surface area contributed by atoms with Gasteiger partial charge >= 0.3 is 0 Å². The Morgan fingerprint density at radius 2 is 1.56 bits per heavy atom. The summed E-state index contributed by atoms with van der Waals surface area (Å²) in [5, 5.41) is 1.02.